The van der Waals surface area contributed by atoms with E-state index >= 15 is 0 Å². The van der Waals surface area contributed by atoms with Gasteiger partial charge >= 0.3 is 0 Å². The van der Waals surface area contributed by atoms with Crippen molar-refractivity contribution in [1.29, 1.82) is 0 Å². The Bertz CT molecular complexity index is 246. The summed E-state index contributed by atoms with van der Waals surface area (Å²) in [4.78, 5) is 0. The van der Waals surface area contributed by atoms with E-state index in [1.165, 1.54) is 19.3 Å². The van der Waals surface area contributed by atoms with Gasteiger partial charge in [0.2, 0.25) is 0 Å². The number of methoxy groups -OCH3 is 1. The van der Waals surface area contributed by atoms with Crippen LogP contribution >= 0.6 is 0 Å². The molecular formula is C14H27NO. The molecule has 2 aliphatic carbocycles. The van der Waals surface area contributed by atoms with Crippen LogP contribution in [0.15, 0.2) is 0 Å². The van der Waals surface area contributed by atoms with E-state index in [4.69, 9.17) is 4.74 Å². The molecule has 2 bridgehead atoms. The predicted octanol–water partition coefficient (Wildman–Crippen LogP) is 2.83. The van der Waals surface area contributed by atoms with Gasteiger partial charge in [0.25, 0.3) is 0 Å². The fourth-order valence-electron chi connectivity index (χ4n) is 4.27. The van der Waals surface area contributed by atoms with Crippen LogP contribution in [-0.4, -0.2) is 26.3 Å². The van der Waals surface area contributed by atoms with Crippen LogP contribution in [-0.2, 0) is 4.74 Å². The van der Waals surface area contributed by atoms with E-state index in [-0.39, 0.29) is 0 Å². The highest BCUT2D eigenvalue weighted by Crippen LogP contribution is 2.62. The molecule has 0 heterocycles. The molecule has 2 rings (SSSR count). The highest BCUT2D eigenvalue weighted by atomic mass is 16.5. The fraction of sp³-hybridized carbons (Fsp3) is 1.00. The molecule has 0 aromatic heterocycles. The van der Waals surface area contributed by atoms with E-state index in [1.807, 2.05) is 0 Å². The first-order chi connectivity index (χ1) is 7.50. The first-order valence-electron chi connectivity index (χ1n) is 6.73. The molecule has 2 heteroatoms. The summed E-state index contributed by atoms with van der Waals surface area (Å²) in [7, 11) is 1.78. The maximum Gasteiger partial charge on any atom is 0.0474 e. The Kier molecular flexibility index (Phi) is 3.33. The van der Waals surface area contributed by atoms with Gasteiger partial charge in [-0.15, -0.1) is 0 Å². The van der Waals surface area contributed by atoms with Crippen molar-refractivity contribution in [3.05, 3.63) is 0 Å². The van der Waals surface area contributed by atoms with Crippen LogP contribution in [0.5, 0.6) is 0 Å². The van der Waals surface area contributed by atoms with Crippen LogP contribution in [0.1, 0.15) is 46.5 Å². The normalized spacial score (nSPS) is 40.5. The van der Waals surface area contributed by atoms with Crippen LogP contribution in [0.25, 0.3) is 0 Å². The second kappa shape index (κ2) is 4.30. The zero-order chi connectivity index (χ0) is 11.8. The van der Waals surface area contributed by atoms with Crippen molar-refractivity contribution in [2.75, 3.05) is 20.3 Å². The van der Waals surface area contributed by atoms with Gasteiger partial charge in [-0.25, -0.2) is 0 Å². The molecule has 0 aromatic rings. The summed E-state index contributed by atoms with van der Waals surface area (Å²) in [5, 5.41) is 3.80. The van der Waals surface area contributed by atoms with E-state index in [2.05, 4.69) is 26.1 Å². The third kappa shape index (κ3) is 1.91. The summed E-state index contributed by atoms with van der Waals surface area (Å²) < 4.78 is 5.11. The molecule has 0 amide bonds. The molecular weight excluding hydrogens is 198 g/mol. The van der Waals surface area contributed by atoms with Gasteiger partial charge in [0, 0.05) is 19.8 Å². The summed E-state index contributed by atoms with van der Waals surface area (Å²) in [6.45, 7) is 9.37. The van der Waals surface area contributed by atoms with Crippen LogP contribution in [0.2, 0.25) is 0 Å². The molecule has 1 unspecified atom stereocenters. The molecule has 2 aliphatic rings. The minimum atomic E-state index is 0.486. The van der Waals surface area contributed by atoms with Crippen LogP contribution in [0, 0.1) is 16.7 Å². The Morgan fingerprint density at radius 2 is 2.06 bits per heavy atom. The van der Waals surface area contributed by atoms with Gasteiger partial charge in [0.05, 0.1) is 0 Å². The number of nitrogens with one attached hydrogen (secondary N) is 1. The van der Waals surface area contributed by atoms with E-state index in [0.717, 1.165) is 25.5 Å². The van der Waals surface area contributed by atoms with Gasteiger partial charge in [-0.05, 0) is 49.0 Å². The lowest BCUT2D eigenvalue weighted by Crippen LogP contribution is -2.50. The molecule has 0 radical (unpaired) electrons. The SMILES string of the molecule is COCCCNC1C(C)(C)[C@H]2CC[C@]1(C)C2. The quantitative estimate of drug-likeness (QED) is 0.726. The van der Waals surface area contributed by atoms with Gasteiger partial charge in [0.15, 0.2) is 0 Å². The van der Waals surface area contributed by atoms with Gasteiger partial charge in [-0.3, -0.25) is 0 Å². The first-order valence-corrected chi connectivity index (χ1v) is 6.73. The lowest BCUT2D eigenvalue weighted by atomic mass is 9.68. The van der Waals surface area contributed by atoms with Gasteiger partial charge < -0.3 is 10.1 Å². The van der Waals surface area contributed by atoms with E-state index in [1.54, 1.807) is 7.11 Å². The number of hydrogen-bond acceptors (Lipinski definition) is 2. The Labute approximate surface area is 100 Å². The Morgan fingerprint density at radius 3 is 2.62 bits per heavy atom. The van der Waals surface area contributed by atoms with Gasteiger partial charge in [0.1, 0.15) is 0 Å². The smallest absolute Gasteiger partial charge is 0.0474 e. The summed E-state index contributed by atoms with van der Waals surface area (Å²) in [6, 6.07) is 0.704. The third-order valence-electron chi connectivity index (χ3n) is 5.14. The molecule has 2 saturated carbocycles. The lowest BCUT2D eigenvalue weighted by molar-refractivity contribution is 0.105. The lowest BCUT2D eigenvalue weighted by Gasteiger charge is -2.43. The molecule has 0 aromatic carbocycles. The van der Waals surface area contributed by atoms with Crippen LogP contribution < -0.4 is 5.32 Å². The van der Waals surface area contributed by atoms with Crippen molar-refractivity contribution in [3.63, 3.8) is 0 Å². The zero-order valence-corrected chi connectivity index (χ0v) is 11.3. The number of ether oxygens (including phenoxy) is 1. The molecule has 0 spiro atoms. The monoisotopic (exact) mass is 225 g/mol. The molecule has 0 saturated heterocycles. The Balaban J connectivity index is 1.92. The van der Waals surface area contributed by atoms with Crippen molar-refractivity contribution in [2.45, 2.75) is 52.5 Å². The molecule has 16 heavy (non-hydrogen) atoms. The van der Waals surface area contributed by atoms with Crippen molar-refractivity contribution < 1.29 is 4.74 Å². The zero-order valence-electron chi connectivity index (χ0n) is 11.3. The van der Waals surface area contributed by atoms with E-state index in [9.17, 15) is 0 Å². The van der Waals surface area contributed by atoms with Crippen molar-refractivity contribution >= 4 is 0 Å². The minimum absolute atomic E-state index is 0.486. The predicted molar refractivity (Wildman–Crippen MR) is 67.5 cm³/mol. The molecule has 0 aliphatic heterocycles. The number of rotatable bonds is 5. The number of fused-ring (bicyclic) bond motifs is 2. The minimum Gasteiger partial charge on any atom is -0.385 e. The Hall–Kier alpha value is -0.0800. The highest BCUT2D eigenvalue weighted by molar-refractivity contribution is 5.11. The van der Waals surface area contributed by atoms with E-state index < -0.39 is 0 Å². The second-order valence-corrected chi connectivity index (χ2v) is 6.65. The van der Waals surface area contributed by atoms with E-state index in [0.29, 0.717) is 16.9 Å². The van der Waals surface area contributed by atoms with Crippen molar-refractivity contribution in [3.8, 4) is 0 Å². The topological polar surface area (TPSA) is 21.3 Å². The summed E-state index contributed by atoms with van der Waals surface area (Å²) >= 11 is 0. The summed E-state index contributed by atoms with van der Waals surface area (Å²) in [6.07, 6.45) is 5.43. The van der Waals surface area contributed by atoms with Crippen LogP contribution in [0.3, 0.4) is 0 Å². The number of hydrogen-bond donors (Lipinski definition) is 1. The van der Waals surface area contributed by atoms with Crippen molar-refractivity contribution in [2.24, 2.45) is 16.7 Å². The molecule has 2 nitrogen and oxygen atoms in total. The maximum atomic E-state index is 5.11. The second-order valence-electron chi connectivity index (χ2n) is 6.65. The highest BCUT2D eigenvalue weighted by Gasteiger charge is 2.58. The third-order valence-corrected chi connectivity index (χ3v) is 5.14. The van der Waals surface area contributed by atoms with Gasteiger partial charge in [-0.2, -0.15) is 0 Å². The van der Waals surface area contributed by atoms with Gasteiger partial charge in [-0.1, -0.05) is 20.8 Å². The molecule has 1 N–H and O–H groups in total. The fourth-order valence-corrected chi connectivity index (χ4v) is 4.27. The van der Waals surface area contributed by atoms with Crippen molar-refractivity contribution in [1.82, 2.24) is 5.32 Å². The largest absolute Gasteiger partial charge is 0.385 e. The summed E-state index contributed by atoms with van der Waals surface area (Å²) in [5.74, 6) is 0.942. The van der Waals surface area contributed by atoms with Crippen LogP contribution in [0.4, 0.5) is 0 Å². The molecule has 2 fully saturated rings. The molecule has 94 valence electrons. The maximum absolute atomic E-state index is 5.11. The first kappa shape index (κ1) is 12.4. The molecule has 3 atom stereocenters. The summed E-state index contributed by atoms with van der Waals surface area (Å²) in [5.41, 5.74) is 1.04. The Morgan fingerprint density at radius 1 is 1.31 bits per heavy atom. The average molecular weight is 225 g/mol. The average Bonchev–Trinajstić information content (AvgIpc) is 2.68. The standard InChI is InChI=1S/C14H27NO/c1-13(2)11-6-7-14(3,10-11)12(13)15-8-5-9-16-4/h11-12,15H,5-10H2,1-4H3/t11-,12?,14+/m0/s1.